The fourth-order valence-corrected chi connectivity index (χ4v) is 2.29. The van der Waals surface area contributed by atoms with Gasteiger partial charge < -0.3 is 5.32 Å². The van der Waals surface area contributed by atoms with Crippen LogP contribution in [0, 0.1) is 11.6 Å². The van der Waals surface area contributed by atoms with E-state index in [9.17, 15) is 8.78 Å². The van der Waals surface area contributed by atoms with Crippen molar-refractivity contribution in [1.82, 2.24) is 5.32 Å². The summed E-state index contributed by atoms with van der Waals surface area (Å²) in [4.78, 5) is 0. The van der Waals surface area contributed by atoms with Crippen molar-refractivity contribution in [2.75, 3.05) is 7.05 Å². The van der Waals surface area contributed by atoms with Crippen LogP contribution in [0.1, 0.15) is 17.5 Å². The molecule has 2 aromatic rings. The third kappa shape index (κ3) is 4.14. The fraction of sp³-hybridized carbons (Fsp3) is 0.294. The largest absolute Gasteiger partial charge is 0.317 e. The fourth-order valence-electron chi connectivity index (χ4n) is 2.29. The molecule has 1 nitrogen and oxygen atoms in total. The van der Waals surface area contributed by atoms with E-state index in [1.807, 2.05) is 25.2 Å². The van der Waals surface area contributed by atoms with E-state index in [1.54, 1.807) is 6.07 Å². The van der Waals surface area contributed by atoms with E-state index in [2.05, 4.69) is 17.4 Å². The van der Waals surface area contributed by atoms with Crippen molar-refractivity contribution in [2.24, 2.45) is 0 Å². The molecule has 2 rings (SSSR count). The Morgan fingerprint density at radius 2 is 1.70 bits per heavy atom. The zero-order valence-corrected chi connectivity index (χ0v) is 11.6. The molecule has 0 aliphatic carbocycles. The molecule has 0 heterocycles. The van der Waals surface area contributed by atoms with Crippen LogP contribution in [0.15, 0.2) is 48.5 Å². The van der Waals surface area contributed by atoms with E-state index in [0.717, 1.165) is 18.4 Å². The molecular weight excluding hydrogens is 256 g/mol. The smallest absolute Gasteiger partial charge is 0.159 e. The van der Waals surface area contributed by atoms with E-state index in [1.165, 1.54) is 17.7 Å². The first kappa shape index (κ1) is 14.7. The molecule has 0 aromatic heterocycles. The Morgan fingerprint density at radius 3 is 2.35 bits per heavy atom. The van der Waals surface area contributed by atoms with Crippen LogP contribution in [0.3, 0.4) is 0 Å². The zero-order chi connectivity index (χ0) is 14.4. The van der Waals surface area contributed by atoms with Crippen molar-refractivity contribution >= 4 is 0 Å². The average molecular weight is 275 g/mol. The third-order valence-corrected chi connectivity index (χ3v) is 3.50. The molecule has 0 aliphatic heterocycles. The topological polar surface area (TPSA) is 12.0 Å². The van der Waals surface area contributed by atoms with E-state index >= 15 is 0 Å². The Morgan fingerprint density at radius 1 is 0.950 bits per heavy atom. The van der Waals surface area contributed by atoms with Gasteiger partial charge in [0.15, 0.2) is 11.6 Å². The highest BCUT2D eigenvalue weighted by Crippen LogP contribution is 2.13. The van der Waals surface area contributed by atoms with Gasteiger partial charge in [-0.25, -0.2) is 8.78 Å². The molecule has 2 aromatic carbocycles. The summed E-state index contributed by atoms with van der Waals surface area (Å²) >= 11 is 0. The molecule has 0 saturated heterocycles. The van der Waals surface area contributed by atoms with Gasteiger partial charge >= 0.3 is 0 Å². The lowest BCUT2D eigenvalue weighted by Crippen LogP contribution is -2.28. The van der Waals surface area contributed by atoms with Crippen molar-refractivity contribution < 1.29 is 8.78 Å². The molecule has 1 atom stereocenters. The molecule has 1 unspecified atom stereocenters. The molecule has 0 spiro atoms. The number of halogens is 2. The Hall–Kier alpha value is -1.74. The lowest BCUT2D eigenvalue weighted by molar-refractivity contribution is 0.497. The lowest BCUT2D eigenvalue weighted by Gasteiger charge is -2.16. The van der Waals surface area contributed by atoms with Crippen LogP contribution in [0.5, 0.6) is 0 Å². The monoisotopic (exact) mass is 275 g/mol. The van der Waals surface area contributed by atoms with E-state index < -0.39 is 11.6 Å². The van der Waals surface area contributed by atoms with Crippen LogP contribution in [0.4, 0.5) is 8.78 Å². The van der Waals surface area contributed by atoms with Gasteiger partial charge in [0.25, 0.3) is 0 Å². The number of rotatable bonds is 6. The van der Waals surface area contributed by atoms with Gasteiger partial charge in [0, 0.05) is 6.04 Å². The van der Waals surface area contributed by atoms with Crippen LogP contribution in [-0.2, 0) is 12.8 Å². The molecule has 0 radical (unpaired) electrons. The second kappa shape index (κ2) is 7.15. The molecule has 106 valence electrons. The SMILES string of the molecule is CNC(CCc1ccccc1)Cc1ccc(F)c(F)c1. The van der Waals surface area contributed by atoms with Crippen molar-refractivity contribution in [3.63, 3.8) is 0 Å². The van der Waals surface area contributed by atoms with Gasteiger partial charge in [0.2, 0.25) is 0 Å². The number of nitrogens with one attached hydrogen (secondary N) is 1. The summed E-state index contributed by atoms with van der Waals surface area (Å²) in [6.07, 6.45) is 2.62. The highest BCUT2D eigenvalue weighted by molar-refractivity contribution is 5.19. The number of benzene rings is 2. The van der Waals surface area contributed by atoms with Gasteiger partial charge in [0.1, 0.15) is 0 Å². The molecule has 0 amide bonds. The molecule has 0 bridgehead atoms. The predicted molar refractivity (Wildman–Crippen MR) is 77.7 cm³/mol. The maximum absolute atomic E-state index is 13.2. The van der Waals surface area contributed by atoms with Crippen molar-refractivity contribution in [3.05, 3.63) is 71.3 Å². The summed E-state index contributed by atoms with van der Waals surface area (Å²) in [7, 11) is 1.90. The third-order valence-electron chi connectivity index (χ3n) is 3.50. The highest BCUT2D eigenvalue weighted by atomic mass is 19.2. The first-order chi connectivity index (χ1) is 9.69. The molecule has 3 heteroatoms. The highest BCUT2D eigenvalue weighted by Gasteiger charge is 2.10. The Balaban J connectivity index is 1.93. The van der Waals surface area contributed by atoms with Crippen LogP contribution in [0.25, 0.3) is 0 Å². The molecule has 0 saturated carbocycles. The summed E-state index contributed by atoms with van der Waals surface area (Å²) in [6, 6.07) is 14.6. The van der Waals surface area contributed by atoms with Gasteiger partial charge in [-0.2, -0.15) is 0 Å². The van der Waals surface area contributed by atoms with Crippen LogP contribution >= 0.6 is 0 Å². The van der Waals surface area contributed by atoms with Gasteiger partial charge in [-0.1, -0.05) is 36.4 Å². The van der Waals surface area contributed by atoms with E-state index in [0.29, 0.717) is 6.42 Å². The number of likely N-dealkylation sites (N-methyl/N-ethyl adjacent to an activating group) is 1. The van der Waals surface area contributed by atoms with Gasteiger partial charge in [-0.15, -0.1) is 0 Å². The zero-order valence-electron chi connectivity index (χ0n) is 11.6. The minimum Gasteiger partial charge on any atom is -0.317 e. The summed E-state index contributed by atoms with van der Waals surface area (Å²) < 4.78 is 26.1. The normalized spacial score (nSPS) is 12.3. The summed E-state index contributed by atoms with van der Waals surface area (Å²) in [5.74, 6) is -1.57. The maximum atomic E-state index is 13.2. The number of aryl methyl sites for hydroxylation is 1. The molecular formula is C17H19F2N. The van der Waals surface area contributed by atoms with Crippen LogP contribution in [-0.4, -0.2) is 13.1 Å². The second-order valence-corrected chi connectivity index (χ2v) is 4.96. The maximum Gasteiger partial charge on any atom is 0.159 e. The standard InChI is InChI=1S/C17H19F2N/c1-20-15(9-7-13-5-3-2-4-6-13)11-14-8-10-16(18)17(19)12-14/h2-6,8,10,12,15,20H,7,9,11H2,1H3. The molecule has 0 fully saturated rings. The lowest BCUT2D eigenvalue weighted by atomic mass is 9.99. The van der Waals surface area contributed by atoms with Crippen molar-refractivity contribution in [1.29, 1.82) is 0 Å². The van der Waals surface area contributed by atoms with E-state index in [4.69, 9.17) is 0 Å². The number of hydrogen-bond donors (Lipinski definition) is 1. The minimum absolute atomic E-state index is 0.250. The Labute approximate surface area is 118 Å². The van der Waals surface area contributed by atoms with E-state index in [-0.39, 0.29) is 6.04 Å². The van der Waals surface area contributed by atoms with Gasteiger partial charge in [0.05, 0.1) is 0 Å². The molecule has 0 aliphatic rings. The van der Waals surface area contributed by atoms with Crippen molar-refractivity contribution in [2.45, 2.75) is 25.3 Å². The average Bonchev–Trinajstić information content (AvgIpc) is 2.48. The first-order valence-corrected chi connectivity index (χ1v) is 6.84. The van der Waals surface area contributed by atoms with Crippen LogP contribution < -0.4 is 5.32 Å². The van der Waals surface area contributed by atoms with Gasteiger partial charge in [-0.3, -0.25) is 0 Å². The van der Waals surface area contributed by atoms with Crippen LogP contribution in [0.2, 0.25) is 0 Å². The Bertz CT molecular complexity index is 540. The Kier molecular flexibility index (Phi) is 5.24. The predicted octanol–water partition coefficient (Wildman–Crippen LogP) is 3.73. The summed E-state index contributed by atoms with van der Waals surface area (Å²) in [5, 5.41) is 3.24. The summed E-state index contributed by atoms with van der Waals surface area (Å²) in [6.45, 7) is 0. The van der Waals surface area contributed by atoms with Gasteiger partial charge in [-0.05, 0) is 49.6 Å². The molecule has 20 heavy (non-hydrogen) atoms. The van der Waals surface area contributed by atoms with Crippen molar-refractivity contribution in [3.8, 4) is 0 Å². The summed E-state index contributed by atoms with van der Waals surface area (Å²) in [5.41, 5.74) is 2.11. The number of hydrogen-bond acceptors (Lipinski definition) is 1. The minimum atomic E-state index is -0.793. The first-order valence-electron chi connectivity index (χ1n) is 6.84. The molecule has 1 N–H and O–H groups in total. The second-order valence-electron chi connectivity index (χ2n) is 4.96. The quantitative estimate of drug-likeness (QED) is 0.847.